The van der Waals surface area contributed by atoms with E-state index in [1.165, 1.54) is 0 Å². The van der Waals surface area contributed by atoms with Crippen LogP contribution in [0.3, 0.4) is 0 Å². The first-order valence-electron chi connectivity index (χ1n) is 5.09. The highest BCUT2D eigenvalue weighted by Crippen LogP contribution is 2.17. The second kappa shape index (κ2) is 5.35. The second-order valence-electron chi connectivity index (χ2n) is 4.98. The maximum Gasteiger partial charge on any atom is 0.306 e. The quantitative estimate of drug-likeness (QED) is 0.709. The molecule has 0 aromatic rings. The van der Waals surface area contributed by atoms with Crippen molar-refractivity contribution in [1.82, 2.24) is 0 Å². The summed E-state index contributed by atoms with van der Waals surface area (Å²) in [7, 11) is 0. The monoisotopic (exact) mass is 202 g/mol. The van der Waals surface area contributed by atoms with Crippen LogP contribution >= 0.6 is 0 Å². The Morgan fingerprint density at radius 1 is 1.36 bits per heavy atom. The fourth-order valence-corrected chi connectivity index (χ4v) is 1.11. The van der Waals surface area contributed by atoms with E-state index in [2.05, 4.69) is 0 Å². The van der Waals surface area contributed by atoms with Gasteiger partial charge in [-0.15, -0.1) is 0 Å². The standard InChI is InChI=1S/C11H22O3/c1-8(2)9(7-12)6-10(13)14-11(3,4)5/h8-9,12H,6-7H2,1-5H3/t9-/m0/s1. The van der Waals surface area contributed by atoms with Crippen molar-refractivity contribution in [3.63, 3.8) is 0 Å². The van der Waals surface area contributed by atoms with Gasteiger partial charge in [0.25, 0.3) is 0 Å². The van der Waals surface area contributed by atoms with E-state index in [1.54, 1.807) is 0 Å². The van der Waals surface area contributed by atoms with Crippen LogP contribution < -0.4 is 0 Å². The number of ether oxygens (including phenoxy) is 1. The first kappa shape index (κ1) is 13.4. The Bertz CT molecular complexity index is 179. The van der Waals surface area contributed by atoms with Crippen LogP contribution in [-0.4, -0.2) is 23.3 Å². The molecule has 0 heterocycles. The van der Waals surface area contributed by atoms with E-state index in [1.807, 2.05) is 34.6 Å². The molecular formula is C11H22O3. The fraction of sp³-hybridized carbons (Fsp3) is 0.909. The number of aliphatic hydroxyl groups is 1. The summed E-state index contributed by atoms with van der Waals surface area (Å²) in [6.07, 6.45) is 0.297. The SMILES string of the molecule is CC(C)[C@H](CO)CC(=O)OC(C)(C)C. The van der Waals surface area contributed by atoms with E-state index in [4.69, 9.17) is 9.84 Å². The zero-order valence-corrected chi connectivity index (χ0v) is 9.83. The van der Waals surface area contributed by atoms with E-state index in [0.717, 1.165) is 0 Å². The van der Waals surface area contributed by atoms with Gasteiger partial charge in [-0.25, -0.2) is 0 Å². The topological polar surface area (TPSA) is 46.5 Å². The summed E-state index contributed by atoms with van der Waals surface area (Å²) in [6.45, 7) is 9.55. The molecule has 0 unspecified atom stereocenters. The minimum atomic E-state index is -0.436. The lowest BCUT2D eigenvalue weighted by Crippen LogP contribution is -2.27. The molecule has 0 saturated heterocycles. The summed E-state index contributed by atoms with van der Waals surface area (Å²) in [5.74, 6) is 0.0719. The number of carbonyl (C=O) groups excluding carboxylic acids is 1. The van der Waals surface area contributed by atoms with Crippen molar-refractivity contribution in [2.24, 2.45) is 11.8 Å². The molecule has 0 fully saturated rings. The van der Waals surface area contributed by atoms with E-state index in [9.17, 15) is 4.79 Å². The van der Waals surface area contributed by atoms with Crippen molar-refractivity contribution >= 4 is 5.97 Å². The average Bonchev–Trinajstić information content (AvgIpc) is 1.96. The van der Waals surface area contributed by atoms with E-state index >= 15 is 0 Å². The lowest BCUT2D eigenvalue weighted by Gasteiger charge is -2.22. The second-order valence-corrected chi connectivity index (χ2v) is 4.98. The highest BCUT2D eigenvalue weighted by molar-refractivity contribution is 5.70. The Balaban J connectivity index is 4.04. The zero-order valence-electron chi connectivity index (χ0n) is 9.83. The summed E-state index contributed by atoms with van der Waals surface area (Å²) >= 11 is 0. The summed E-state index contributed by atoms with van der Waals surface area (Å²) in [6, 6.07) is 0. The van der Waals surface area contributed by atoms with Gasteiger partial charge in [-0.1, -0.05) is 13.8 Å². The van der Waals surface area contributed by atoms with Crippen molar-refractivity contribution < 1.29 is 14.6 Å². The number of carbonyl (C=O) groups is 1. The van der Waals surface area contributed by atoms with Gasteiger partial charge in [0.2, 0.25) is 0 Å². The Hall–Kier alpha value is -0.570. The van der Waals surface area contributed by atoms with Gasteiger partial charge in [0, 0.05) is 6.61 Å². The summed E-state index contributed by atoms with van der Waals surface area (Å²) in [5, 5.41) is 9.04. The Labute approximate surface area is 86.5 Å². The van der Waals surface area contributed by atoms with Crippen LogP contribution in [0.2, 0.25) is 0 Å². The fourth-order valence-electron chi connectivity index (χ4n) is 1.11. The minimum absolute atomic E-state index is 0.00449. The van der Waals surface area contributed by atoms with Crippen molar-refractivity contribution in [1.29, 1.82) is 0 Å². The first-order valence-corrected chi connectivity index (χ1v) is 5.09. The molecule has 0 amide bonds. The molecule has 0 aliphatic heterocycles. The van der Waals surface area contributed by atoms with Gasteiger partial charge in [0.15, 0.2) is 0 Å². The predicted octanol–water partition coefficient (Wildman–Crippen LogP) is 1.98. The number of rotatable bonds is 4. The van der Waals surface area contributed by atoms with E-state index < -0.39 is 5.60 Å². The van der Waals surface area contributed by atoms with E-state index in [-0.39, 0.29) is 18.5 Å². The molecule has 0 radical (unpaired) electrons. The van der Waals surface area contributed by atoms with Gasteiger partial charge in [-0.05, 0) is 32.6 Å². The normalized spacial score (nSPS) is 14.2. The van der Waals surface area contributed by atoms with Gasteiger partial charge in [0.1, 0.15) is 5.60 Å². The molecule has 14 heavy (non-hydrogen) atoms. The van der Waals surface area contributed by atoms with Crippen LogP contribution in [0.25, 0.3) is 0 Å². The number of hydrogen-bond acceptors (Lipinski definition) is 3. The largest absolute Gasteiger partial charge is 0.460 e. The molecule has 1 atom stereocenters. The van der Waals surface area contributed by atoms with Crippen LogP contribution in [-0.2, 0) is 9.53 Å². The van der Waals surface area contributed by atoms with Crippen molar-refractivity contribution in [2.45, 2.75) is 46.6 Å². The predicted molar refractivity (Wildman–Crippen MR) is 55.9 cm³/mol. The summed E-state index contributed by atoms with van der Waals surface area (Å²) < 4.78 is 5.17. The van der Waals surface area contributed by atoms with Gasteiger partial charge < -0.3 is 9.84 Å². The average molecular weight is 202 g/mol. The molecule has 1 N–H and O–H groups in total. The molecule has 0 saturated carbocycles. The molecule has 3 nitrogen and oxygen atoms in total. The van der Waals surface area contributed by atoms with Gasteiger partial charge in [-0.2, -0.15) is 0 Å². The maximum absolute atomic E-state index is 11.4. The highest BCUT2D eigenvalue weighted by atomic mass is 16.6. The molecular weight excluding hydrogens is 180 g/mol. The number of hydrogen-bond donors (Lipinski definition) is 1. The van der Waals surface area contributed by atoms with Crippen LogP contribution in [0, 0.1) is 11.8 Å². The molecule has 0 aliphatic carbocycles. The van der Waals surface area contributed by atoms with E-state index in [0.29, 0.717) is 12.3 Å². The lowest BCUT2D eigenvalue weighted by molar-refractivity contribution is -0.156. The maximum atomic E-state index is 11.4. The van der Waals surface area contributed by atoms with Gasteiger partial charge in [-0.3, -0.25) is 4.79 Å². The molecule has 0 aromatic heterocycles. The summed E-state index contributed by atoms with van der Waals surface area (Å²) in [5.41, 5.74) is -0.436. The molecule has 3 heteroatoms. The van der Waals surface area contributed by atoms with Crippen molar-refractivity contribution in [2.75, 3.05) is 6.61 Å². The zero-order chi connectivity index (χ0) is 11.4. The lowest BCUT2D eigenvalue weighted by atomic mass is 9.93. The minimum Gasteiger partial charge on any atom is -0.460 e. The Kier molecular flexibility index (Phi) is 5.13. The third-order valence-electron chi connectivity index (χ3n) is 2.03. The van der Waals surface area contributed by atoms with Crippen molar-refractivity contribution in [3.8, 4) is 0 Å². The third kappa shape index (κ3) is 5.97. The number of aliphatic hydroxyl groups excluding tert-OH is 1. The highest BCUT2D eigenvalue weighted by Gasteiger charge is 2.21. The molecule has 84 valence electrons. The molecule has 0 bridgehead atoms. The Morgan fingerprint density at radius 3 is 2.14 bits per heavy atom. The molecule has 0 rings (SSSR count). The third-order valence-corrected chi connectivity index (χ3v) is 2.03. The molecule has 0 aromatic carbocycles. The first-order chi connectivity index (χ1) is 6.26. The smallest absolute Gasteiger partial charge is 0.306 e. The number of esters is 1. The van der Waals surface area contributed by atoms with Gasteiger partial charge in [0.05, 0.1) is 6.42 Å². The van der Waals surface area contributed by atoms with Crippen LogP contribution in [0.4, 0.5) is 0 Å². The van der Waals surface area contributed by atoms with Crippen LogP contribution in [0.15, 0.2) is 0 Å². The van der Waals surface area contributed by atoms with Crippen molar-refractivity contribution in [3.05, 3.63) is 0 Å². The molecule has 0 spiro atoms. The summed E-state index contributed by atoms with van der Waals surface area (Å²) in [4.78, 5) is 11.4. The van der Waals surface area contributed by atoms with Gasteiger partial charge >= 0.3 is 5.97 Å². The van der Waals surface area contributed by atoms with Crippen LogP contribution in [0.5, 0.6) is 0 Å². The molecule has 0 aliphatic rings. The Morgan fingerprint density at radius 2 is 1.86 bits per heavy atom. The van der Waals surface area contributed by atoms with Crippen LogP contribution in [0.1, 0.15) is 41.0 Å².